The van der Waals surface area contributed by atoms with Crippen molar-refractivity contribution in [3.8, 4) is 0 Å². The quantitative estimate of drug-likeness (QED) is 0.771. The minimum atomic E-state index is -0.00514. The fraction of sp³-hybridized carbons (Fsp3) is 0.211. The van der Waals surface area contributed by atoms with Crippen LogP contribution in [0.4, 0.5) is 5.69 Å². The van der Waals surface area contributed by atoms with Gasteiger partial charge in [-0.3, -0.25) is 4.79 Å². The Labute approximate surface area is 130 Å². The largest absolute Gasteiger partial charge is 0.335 e. The molecule has 0 fully saturated rings. The maximum Gasteiger partial charge on any atom is 0.244 e. The average Bonchev–Trinajstić information content (AvgIpc) is 2.74. The van der Waals surface area contributed by atoms with Gasteiger partial charge in [0.2, 0.25) is 5.91 Å². The fourth-order valence-corrected chi connectivity index (χ4v) is 2.95. The Morgan fingerprint density at radius 1 is 1.00 bits per heavy atom. The van der Waals surface area contributed by atoms with E-state index in [1.165, 1.54) is 5.39 Å². The van der Waals surface area contributed by atoms with Crippen LogP contribution in [0.1, 0.15) is 16.8 Å². The molecule has 1 N–H and O–H groups in total. The van der Waals surface area contributed by atoms with E-state index in [0.29, 0.717) is 6.54 Å². The summed E-state index contributed by atoms with van der Waals surface area (Å²) in [7, 11) is 0. The second-order valence-corrected chi connectivity index (χ2v) is 5.86. The summed E-state index contributed by atoms with van der Waals surface area (Å²) >= 11 is 0. The van der Waals surface area contributed by atoms with Crippen molar-refractivity contribution in [3.63, 3.8) is 0 Å². The van der Waals surface area contributed by atoms with Gasteiger partial charge >= 0.3 is 0 Å². The number of nitrogens with one attached hydrogen (secondary N) is 1. The smallest absolute Gasteiger partial charge is 0.244 e. The second kappa shape index (κ2) is 5.68. The Hall–Kier alpha value is -2.55. The van der Waals surface area contributed by atoms with E-state index < -0.39 is 0 Å². The monoisotopic (exact) mass is 292 g/mol. The van der Waals surface area contributed by atoms with Crippen molar-refractivity contribution >= 4 is 22.5 Å². The van der Waals surface area contributed by atoms with E-state index in [0.717, 1.165) is 28.0 Å². The van der Waals surface area contributed by atoms with Crippen molar-refractivity contribution in [1.82, 2.24) is 4.57 Å². The third-order valence-corrected chi connectivity index (χ3v) is 3.82. The van der Waals surface area contributed by atoms with Gasteiger partial charge in [0.15, 0.2) is 0 Å². The number of aryl methyl sites for hydroxylation is 3. The molecular formula is C19H20N2O. The molecule has 1 aromatic heterocycles. The van der Waals surface area contributed by atoms with Crippen LogP contribution in [-0.2, 0) is 11.3 Å². The molecule has 3 nitrogen and oxygen atoms in total. The molecule has 2 aromatic carbocycles. The number of carbonyl (C=O) groups is 1. The number of carbonyl (C=O) groups excluding carboxylic acids is 1. The van der Waals surface area contributed by atoms with Gasteiger partial charge in [0, 0.05) is 16.9 Å². The minimum absolute atomic E-state index is 0.00514. The highest BCUT2D eigenvalue weighted by atomic mass is 16.1. The molecule has 0 aliphatic carbocycles. The lowest BCUT2D eigenvalue weighted by Gasteiger charge is -2.10. The van der Waals surface area contributed by atoms with Gasteiger partial charge in [-0.15, -0.1) is 0 Å². The van der Waals surface area contributed by atoms with E-state index in [4.69, 9.17) is 0 Å². The third-order valence-electron chi connectivity index (χ3n) is 3.82. The molecule has 0 saturated carbocycles. The highest BCUT2D eigenvalue weighted by molar-refractivity contribution is 5.92. The van der Waals surface area contributed by atoms with E-state index in [2.05, 4.69) is 23.5 Å². The van der Waals surface area contributed by atoms with E-state index in [9.17, 15) is 4.79 Å². The van der Waals surface area contributed by atoms with Crippen molar-refractivity contribution in [3.05, 3.63) is 65.4 Å². The van der Waals surface area contributed by atoms with E-state index >= 15 is 0 Å². The van der Waals surface area contributed by atoms with Crippen molar-refractivity contribution in [2.24, 2.45) is 0 Å². The zero-order valence-electron chi connectivity index (χ0n) is 13.2. The second-order valence-electron chi connectivity index (χ2n) is 5.86. The Bertz CT molecular complexity index is 826. The summed E-state index contributed by atoms with van der Waals surface area (Å²) in [4.78, 5) is 12.4. The zero-order chi connectivity index (χ0) is 15.7. The first-order valence-corrected chi connectivity index (χ1v) is 7.46. The molecule has 112 valence electrons. The Kier molecular flexibility index (Phi) is 3.72. The lowest BCUT2D eigenvalue weighted by Crippen LogP contribution is -2.19. The fourth-order valence-electron chi connectivity index (χ4n) is 2.95. The molecule has 0 spiro atoms. The standard InChI is InChI=1S/C19H20N2O/c1-13-8-14(2)10-17(9-13)20-19(22)12-21-15(3)11-16-6-4-5-7-18(16)21/h4-11H,12H2,1-3H3,(H,20,22). The average molecular weight is 292 g/mol. The van der Waals surface area contributed by atoms with E-state index in [1.54, 1.807) is 0 Å². The minimum Gasteiger partial charge on any atom is -0.335 e. The van der Waals surface area contributed by atoms with Crippen LogP contribution in [0, 0.1) is 20.8 Å². The number of para-hydroxylation sites is 1. The summed E-state index contributed by atoms with van der Waals surface area (Å²) in [5.41, 5.74) is 5.35. The van der Waals surface area contributed by atoms with E-state index in [1.807, 2.05) is 55.7 Å². The lowest BCUT2D eigenvalue weighted by atomic mass is 10.1. The first-order chi connectivity index (χ1) is 10.5. The van der Waals surface area contributed by atoms with Gasteiger partial charge in [-0.2, -0.15) is 0 Å². The number of hydrogen-bond acceptors (Lipinski definition) is 1. The Morgan fingerprint density at radius 3 is 2.41 bits per heavy atom. The van der Waals surface area contributed by atoms with Gasteiger partial charge in [-0.25, -0.2) is 0 Å². The van der Waals surface area contributed by atoms with Crippen LogP contribution in [0.2, 0.25) is 0 Å². The lowest BCUT2D eigenvalue weighted by molar-refractivity contribution is -0.116. The molecular weight excluding hydrogens is 272 g/mol. The number of hydrogen-bond donors (Lipinski definition) is 1. The van der Waals surface area contributed by atoms with Gasteiger partial charge in [0.1, 0.15) is 6.54 Å². The predicted molar refractivity (Wildman–Crippen MR) is 91.2 cm³/mol. The van der Waals surface area contributed by atoms with Crippen LogP contribution >= 0.6 is 0 Å². The van der Waals surface area contributed by atoms with Crippen molar-refractivity contribution in [2.75, 3.05) is 5.32 Å². The molecule has 1 heterocycles. The highest BCUT2D eigenvalue weighted by Gasteiger charge is 2.10. The van der Waals surface area contributed by atoms with Gasteiger partial charge in [0.05, 0.1) is 0 Å². The number of aromatic nitrogens is 1. The summed E-state index contributed by atoms with van der Waals surface area (Å²) in [6.07, 6.45) is 0. The van der Waals surface area contributed by atoms with Crippen LogP contribution < -0.4 is 5.32 Å². The van der Waals surface area contributed by atoms with Gasteiger partial charge in [-0.1, -0.05) is 24.3 Å². The van der Waals surface area contributed by atoms with Gasteiger partial charge in [-0.05, 0) is 61.5 Å². The molecule has 0 bridgehead atoms. The third kappa shape index (κ3) is 2.89. The zero-order valence-corrected chi connectivity index (χ0v) is 13.2. The molecule has 0 aliphatic heterocycles. The molecule has 3 heteroatoms. The van der Waals surface area contributed by atoms with Crippen molar-refractivity contribution in [1.29, 1.82) is 0 Å². The van der Waals surface area contributed by atoms with Crippen LogP contribution in [0.3, 0.4) is 0 Å². The molecule has 0 radical (unpaired) electrons. The SMILES string of the molecule is Cc1cc(C)cc(NC(=O)Cn2c(C)cc3ccccc32)c1. The number of benzene rings is 2. The highest BCUT2D eigenvalue weighted by Crippen LogP contribution is 2.19. The predicted octanol–water partition coefficient (Wildman–Crippen LogP) is 4.21. The summed E-state index contributed by atoms with van der Waals surface area (Å²) in [6, 6.07) is 16.3. The molecule has 0 aliphatic rings. The molecule has 1 amide bonds. The van der Waals surface area contributed by atoms with Crippen molar-refractivity contribution < 1.29 is 4.79 Å². The molecule has 3 aromatic rings. The van der Waals surface area contributed by atoms with Crippen LogP contribution in [0.15, 0.2) is 48.5 Å². The molecule has 3 rings (SSSR count). The van der Waals surface area contributed by atoms with Crippen molar-refractivity contribution in [2.45, 2.75) is 27.3 Å². The summed E-state index contributed by atoms with van der Waals surface area (Å²) in [5.74, 6) is -0.00514. The van der Waals surface area contributed by atoms with Crippen LogP contribution in [0.25, 0.3) is 10.9 Å². The maximum atomic E-state index is 12.4. The Morgan fingerprint density at radius 2 is 1.68 bits per heavy atom. The van der Waals surface area contributed by atoms with Crippen LogP contribution in [0.5, 0.6) is 0 Å². The topological polar surface area (TPSA) is 34.0 Å². The summed E-state index contributed by atoms with van der Waals surface area (Å²) < 4.78 is 2.05. The summed E-state index contributed by atoms with van der Waals surface area (Å²) in [5, 5.41) is 4.16. The normalized spacial score (nSPS) is 10.9. The number of amides is 1. The van der Waals surface area contributed by atoms with E-state index in [-0.39, 0.29) is 5.91 Å². The molecule has 0 unspecified atom stereocenters. The summed E-state index contributed by atoms with van der Waals surface area (Å²) in [6.45, 7) is 6.43. The maximum absolute atomic E-state index is 12.4. The number of anilines is 1. The molecule has 22 heavy (non-hydrogen) atoms. The van der Waals surface area contributed by atoms with Gasteiger partial charge < -0.3 is 9.88 Å². The number of fused-ring (bicyclic) bond motifs is 1. The number of nitrogens with zero attached hydrogens (tertiary/aromatic N) is 1. The number of rotatable bonds is 3. The molecule has 0 atom stereocenters. The first-order valence-electron chi connectivity index (χ1n) is 7.46. The van der Waals surface area contributed by atoms with Gasteiger partial charge in [0.25, 0.3) is 0 Å². The molecule has 0 saturated heterocycles. The Balaban J connectivity index is 1.82. The van der Waals surface area contributed by atoms with Crippen LogP contribution in [-0.4, -0.2) is 10.5 Å². The first kappa shape index (κ1) is 14.4.